The Morgan fingerprint density at radius 1 is 0.589 bits per heavy atom. The summed E-state index contributed by atoms with van der Waals surface area (Å²) in [7, 11) is 0. The molecule has 0 unspecified atom stereocenters. The first-order valence-electron chi connectivity index (χ1n) is 19.1. The van der Waals surface area contributed by atoms with Crippen molar-refractivity contribution in [2.24, 2.45) is 51.6 Å². The van der Waals surface area contributed by atoms with Gasteiger partial charge in [-0.1, -0.05) is 55.4 Å². The van der Waals surface area contributed by atoms with E-state index in [0.29, 0.717) is 6.42 Å². The molecule has 0 aromatic carbocycles. The zero-order valence-corrected chi connectivity index (χ0v) is 34.1. The number of carboxylic acids is 1. The molecule has 0 spiro atoms. The first-order valence-corrected chi connectivity index (χ1v) is 19.1. The first kappa shape index (κ1) is 51.0. The quantitative estimate of drug-likeness (QED) is 0.0246. The number of guanidine groups is 1. The summed E-state index contributed by atoms with van der Waals surface area (Å²) in [5, 5.41) is 24.8. The molecular weight excluding hydrogens is 730 g/mol. The van der Waals surface area contributed by atoms with Crippen LogP contribution in [0.5, 0.6) is 0 Å². The third kappa shape index (κ3) is 21.8. The number of aliphatic imine (C=N–C) groups is 1. The number of carbonyl (C=O) groups excluding carboxylic acids is 7. The summed E-state index contributed by atoms with van der Waals surface area (Å²) in [6.45, 7) is 13.9. The summed E-state index contributed by atoms with van der Waals surface area (Å²) in [4.78, 5) is 107. The van der Waals surface area contributed by atoms with E-state index < -0.39 is 96.0 Å². The molecule has 0 radical (unpaired) electrons. The highest BCUT2D eigenvalue weighted by Crippen LogP contribution is 2.12. The lowest BCUT2D eigenvalue weighted by molar-refractivity contribution is -0.142. The maximum atomic E-state index is 13.7. The number of hydrogen-bond acceptors (Lipinski definition) is 10. The van der Waals surface area contributed by atoms with Crippen LogP contribution in [0.4, 0.5) is 0 Å². The summed E-state index contributed by atoms with van der Waals surface area (Å²) >= 11 is 0. The van der Waals surface area contributed by atoms with Crippen molar-refractivity contribution in [1.82, 2.24) is 31.9 Å². The van der Waals surface area contributed by atoms with Crippen molar-refractivity contribution in [3.63, 3.8) is 0 Å². The lowest BCUT2D eigenvalue weighted by Crippen LogP contribution is -2.60. The molecule has 20 heteroatoms. The van der Waals surface area contributed by atoms with Crippen molar-refractivity contribution in [2.75, 3.05) is 13.1 Å². The Kier molecular flexibility index (Phi) is 23.6. The maximum Gasteiger partial charge on any atom is 0.326 e. The standard InChI is InChI=1S/C36H67N11O9/c1-18(2)14-24(31(51)42-17-28(49)43-26(35(55)56)16-20(5)6)46-34(54)29(21(7)8)47-33(53)25(15-19(3)4)45-32(52)23(11-12-27(38)48)44-30(50)22(37)10-9-13-41-36(39)40/h18-26,29H,9-17,37H2,1-8H3,(H2,38,48)(H,42,51)(H,43,49)(H,44,50)(H,45,52)(H,46,54)(H,47,53)(H,55,56)(H4,39,40,41)/t22-,23-,24-,25-,26-,29-/m0/s1. The maximum absolute atomic E-state index is 13.7. The van der Waals surface area contributed by atoms with Gasteiger partial charge in [0.05, 0.1) is 12.6 Å². The summed E-state index contributed by atoms with van der Waals surface area (Å²) in [6, 6.07) is -6.93. The Bertz CT molecular complexity index is 1370. The average Bonchev–Trinajstić information content (AvgIpc) is 3.07. The lowest BCUT2D eigenvalue weighted by atomic mass is 9.98. The molecule has 20 nitrogen and oxygen atoms in total. The summed E-state index contributed by atoms with van der Waals surface area (Å²) in [5.41, 5.74) is 21.9. The van der Waals surface area contributed by atoms with Gasteiger partial charge in [-0.25, -0.2) is 4.79 Å². The van der Waals surface area contributed by atoms with Gasteiger partial charge >= 0.3 is 5.97 Å². The minimum absolute atomic E-state index is 0.00906. The molecule has 0 rings (SSSR count). The van der Waals surface area contributed by atoms with Gasteiger partial charge in [-0.2, -0.15) is 0 Å². The molecule has 56 heavy (non-hydrogen) atoms. The molecule has 6 atom stereocenters. The Labute approximate surface area is 329 Å². The van der Waals surface area contributed by atoms with E-state index in [2.05, 4.69) is 36.9 Å². The fraction of sp³-hybridized carbons (Fsp3) is 0.750. The van der Waals surface area contributed by atoms with Crippen LogP contribution in [-0.4, -0.2) is 108 Å². The Morgan fingerprint density at radius 3 is 1.55 bits per heavy atom. The smallest absolute Gasteiger partial charge is 0.326 e. The molecule has 0 aromatic heterocycles. The second-order valence-corrected chi connectivity index (χ2v) is 15.5. The highest BCUT2D eigenvalue weighted by Gasteiger charge is 2.34. The predicted molar refractivity (Wildman–Crippen MR) is 210 cm³/mol. The van der Waals surface area contributed by atoms with Crippen molar-refractivity contribution in [1.29, 1.82) is 0 Å². The molecule has 7 amide bonds. The SMILES string of the molecule is CC(C)C[C@H](NC(=O)CNC(=O)[C@H](CC(C)C)NC(=O)[C@@H](NC(=O)[C@H](CC(C)C)NC(=O)[C@H](CCC(N)=O)NC(=O)[C@@H](N)CCCN=C(N)N)C(C)C)C(=O)O. The molecule has 0 aliphatic heterocycles. The van der Waals surface area contributed by atoms with Crippen LogP contribution in [0.25, 0.3) is 0 Å². The highest BCUT2D eigenvalue weighted by molar-refractivity contribution is 5.96. The van der Waals surface area contributed by atoms with E-state index in [9.17, 15) is 43.5 Å². The van der Waals surface area contributed by atoms with Crippen LogP contribution < -0.4 is 54.8 Å². The van der Waals surface area contributed by atoms with Gasteiger partial charge in [-0.05, 0) is 62.2 Å². The molecule has 15 N–H and O–H groups in total. The number of hydrogen-bond donors (Lipinski definition) is 11. The van der Waals surface area contributed by atoms with Gasteiger partial charge in [0.15, 0.2) is 5.96 Å². The summed E-state index contributed by atoms with van der Waals surface area (Å²) < 4.78 is 0. The van der Waals surface area contributed by atoms with Crippen LogP contribution in [0.2, 0.25) is 0 Å². The molecule has 0 saturated carbocycles. The molecular formula is C36H67N11O9. The van der Waals surface area contributed by atoms with Crippen LogP contribution in [0, 0.1) is 23.7 Å². The summed E-state index contributed by atoms with van der Waals surface area (Å²) in [6.07, 6.45) is 0.615. The van der Waals surface area contributed by atoms with Gasteiger partial charge in [0.25, 0.3) is 0 Å². The van der Waals surface area contributed by atoms with Gasteiger partial charge in [0.1, 0.15) is 30.2 Å². The van der Waals surface area contributed by atoms with E-state index in [1.807, 2.05) is 41.5 Å². The fourth-order valence-corrected chi connectivity index (χ4v) is 5.44. The minimum Gasteiger partial charge on any atom is -0.480 e. The van der Waals surface area contributed by atoms with Crippen LogP contribution in [0.3, 0.4) is 0 Å². The third-order valence-corrected chi connectivity index (χ3v) is 8.31. The second-order valence-electron chi connectivity index (χ2n) is 15.5. The zero-order chi connectivity index (χ0) is 43.3. The lowest BCUT2D eigenvalue weighted by Gasteiger charge is -2.29. The van der Waals surface area contributed by atoms with Crippen LogP contribution in [-0.2, 0) is 38.4 Å². The third-order valence-electron chi connectivity index (χ3n) is 8.31. The highest BCUT2D eigenvalue weighted by atomic mass is 16.4. The fourth-order valence-electron chi connectivity index (χ4n) is 5.44. The Morgan fingerprint density at radius 2 is 1.07 bits per heavy atom. The zero-order valence-electron chi connectivity index (χ0n) is 34.1. The van der Waals surface area contributed by atoms with Crippen molar-refractivity contribution >= 4 is 53.3 Å². The van der Waals surface area contributed by atoms with Gasteiger partial charge in [0.2, 0.25) is 41.4 Å². The van der Waals surface area contributed by atoms with Crippen LogP contribution in [0.1, 0.15) is 100 Å². The van der Waals surface area contributed by atoms with E-state index in [4.69, 9.17) is 22.9 Å². The van der Waals surface area contributed by atoms with E-state index in [0.717, 1.165) is 0 Å². The number of primary amides is 1. The molecule has 0 fully saturated rings. The Hall–Kier alpha value is -5.01. The molecule has 0 heterocycles. The minimum atomic E-state index is -1.28. The molecule has 0 aromatic rings. The number of rotatable bonds is 27. The van der Waals surface area contributed by atoms with Crippen LogP contribution >= 0.6 is 0 Å². The average molecular weight is 798 g/mol. The van der Waals surface area contributed by atoms with Gasteiger partial charge in [-0.3, -0.25) is 38.6 Å². The monoisotopic (exact) mass is 798 g/mol. The first-order chi connectivity index (χ1) is 25.9. The largest absolute Gasteiger partial charge is 0.480 e. The number of nitrogens with one attached hydrogen (secondary N) is 6. The molecule has 0 saturated heterocycles. The van der Waals surface area contributed by atoms with Gasteiger partial charge < -0.3 is 59.9 Å². The van der Waals surface area contributed by atoms with Crippen molar-refractivity contribution in [2.45, 2.75) is 137 Å². The van der Waals surface area contributed by atoms with Crippen LogP contribution in [0.15, 0.2) is 4.99 Å². The van der Waals surface area contributed by atoms with E-state index in [1.165, 1.54) is 0 Å². The Balaban J connectivity index is 5.95. The molecule has 0 aliphatic rings. The molecule has 320 valence electrons. The number of nitrogens with two attached hydrogens (primary N) is 4. The number of carbonyl (C=O) groups is 8. The number of nitrogens with zero attached hydrogens (tertiary/aromatic N) is 1. The van der Waals surface area contributed by atoms with E-state index >= 15 is 0 Å². The van der Waals surface area contributed by atoms with Gasteiger partial charge in [0, 0.05) is 13.0 Å². The predicted octanol–water partition coefficient (Wildman–Crippen LogP) is -1.95. The number of aliphatic carboxylic acids is 1. The van der Waals surface area contributed by atoms with Gasteiger partial charge in [-0.15, -0.1) is 0 Å². The molecule has 0 bridgehead atoms. The van der Waals surface area contributed by atoms with Crippen molar-refractivity contribution in [3.05, 3.63) is 0 Å². The van der Waals surface area contributed by atoms with Crippen molar-refractivity contribution in [3.8, 4) is 0 Å². The van der Waals surface area contributed by atoms with E-state index in [1.54, 1.807) is 13.8 Å². The topological polar surface area (TPSA) is 345 Å². The second kappa shape index (κ2) is 26.0. The van der Waals surface area contributed by atoms with E-state index in [-0.39, 0.29) is 68.8 Å². The normalized spacial score (nSPS) is 14.4. The number of carboxylic acid groups (broad SMARTS) is 1. The summed E-state index contributed by atoms with van der Waals surface area (Å²) in [5.74, 6) is -7.02. The van der Waals surface area contributed by atoms with Crippen molar-refractivity contribution < 1.29 is 43.5 Å². The number of amides is 7. The molecule has 0 aliphatic carbocycles.